The highest BCUT2D eigenvalue weighted by atomic mass is 32.1. The monoisotopic (exact) mass is 300 g/mol. The molecule has 0 unspecified atom stereocenters. The molecule has 3 rings (SSSR count). The second-order valence-corrected chi connectivity index (χ2v) is 5.87. The molecule has 0 N–H and O–H groups in total. The number of aryl methyl sites for hydroxylation is 2. The number of halogens is 3. The van der Waals surface area contributed by atoms with Crippen LogP contribution in [0.3, 0.4) is 0 Å². The van der Waals surface area contributed by atoms with Crippen LogP contribution in [-0.4, -0.2) is 15.6 Å². The Morgan fingerprint density at radius 1 is 1.45 bits per heavy atom. The molecule has 7 heteroatoms. The van der Waals surface area contributed by atoms with Crippen molar-refractivity contribution >= 4 is 17.1 Å². The molecule has 0 saturated heterocycles. The SMILES string of the molecule is CC(=O)c1cc2c(s1)CCCn1ncc(C(F)(F)F)c1-2. The summed E-state index contributed by atoms with van der Waals surface area (Å²) in [6.07, 6.45) is -2.17. The summed E-state index contributed by atoms with van der Waals surface area (Å²) in [7, 11) is 0. The molecule has 3 heterocycles. The van der Waals surface area contributed by atoms with Gasteiger partial charge in [0.2, 0.25) is 0 Å². The smallest absolute Gasteiger partial charge is 0.294 e. The summed E-state index contributed by atoms with van der Waals surface area (Å²) in [6.45, 7) is 1.88. The molecule has 20 heavy (non-hydrogen) atoms. The number of Topliss-reactive ketones (excluding diaryl/α,β-unsaturated/α-hetero) is 1. The van der Waals surface area contributed by atoms with Gasteiger partial charge in [-0.15, -0.1) is 11.3 Å². The van der Waals surface area contributed by atoms with E-state index in [1.807, 2.05) is 0 Å². The lowest BCUT2D eigenvalue weighted by Gasteiger charge is -2.08. The van der Waals surface area contributed by atoms with Crippen LogP contribution < -0.4 is 0 Å². The number of rotatable bonds is 1. The minimum Gasteiger partial charge on any atom is -0.294 e. The van der Waals surface area contributed by atoms with Crippen molar-refractivity contribution in [3.63, 3.8) is 0 Å². The molecule has 2 aromatic heterocycles. The molecule has 0 aliphatic carbocycles. The minimum atomic E-state index is -4.44. The van der Waals surface area contributed by atoms with Crippen molar-refractivity contribution in [3.8, 4) is 11.3 Å². The Hall–Kier alpha value is -1.63. The van der Waals surface area contributed by atoms with E-state index in [1.54, 1.807) is 6.07 Å². The molecular formula is C13H11F3N2OS. The molecular weight excluding hydrogens is 289 g/mol. The van der Waals surface area contributed by atoms with Gasteiger partial charge in [-0.2, -0.15) is 18.3 Å². The number of alkyl halides is 3. The molecule has 0 saturated carbocycles. The van der Waals surface area contributed by atoms with E-state index in [0.29, 0.717) is 23.4 Å². The Kier molecular flexibility index (Phi) is 2.97. The molecule has 2 aromatic rings. The van der Waals surface area contributed by atoms with Crippen molar-refractivity contribution in [1.82, 2.24) is 9.78 Å². The Bertz CT molecular complexity index is 684. The van der Waals surface area contributed by atoms with Gasteiger partial charge in [0.25, 0.3) is 0 Å². The maximum Gasteiger partial charge on any atom is 0.420 e. The predicted molar refractivity (Wildman–Crippen MR) is 68.9 cm³/mol. The second kappa shape index (κ2) is 4.44. The number of carbonyl (C=O) groups excluding carboxylic acids is 1. The van der Waals surface area contributed by atoms with E-state index in [4.69, 9.17) is 0 Å². The first-order valence-corrected chi connectivity index (χ1v) is 6.96. The maximum absolute atomic E-state index is 13.1. The molecule has 0 atom stereocenters. The zero-order chi connectivity index (χ0) is 14.5. The Labute approximate surface area is 117 Å². The third-order valence-electron chi connectivity index (χ3n) is 3.33. The van der Waals surface area contributed by atoms with Crippen LogP contribution in [0, 0.1) is 0 Å². The van der Waals surface area contributed by atoms with E-state index in [1.165, 1.54) is 22.9 Å². The summed E-state index contributed by atoms with van der Waals surface area (Å²) < 4.78 is 40.6. The van der Waals surface area contributed by atoms with Gasteiger partial charge in [0.05, 0.1) is 16.8 Å². The number of hydrogen-bond acceptors (Lipinski definition) is 3. The number of thiophene rings is 1. The average molecular weight is 300 g/mol. The summed E-state index contributed by atoms with van der Waals surface area (Å²) >= 11 is 1.29. The first kappa shape index (κ1) is 13.4. The Morgan fingerprint density at radius 3 is 2.85 bits per heavy atom. The lowest BCUT2D eigenvalue weighted by Crippen LogP contribution is -2.07. The van der Waals surface area contributed by atoms with Gasteiger partial charge in [0, 0.05) is 17.0 Å². The molecule has 1 aliphatic heterocycles. The minimum absolute atomic E-state index is 0.0914. The second-order valence-electron chi connectivity index (χ2n) is 4.73. The zero-order valence-electron chi connectivity index (χ0n) is 10.6. The molecule has 0 radical (unpaired) electrons. The molecule has 0 aromatic carbocycles. The fourth-order valence-corrected chi connectivity index (χ4v) is 3.52. The van der Waals surface area contributed by atoms with Crippen molar-refractivity contribution in [2.45, 2.75) is 32.5 Å². The predicted octanol–water partition coefficient (Wildman–Crippen LogP) is 3.78. The van der Waals surface area contributed by atoms with Crippen LogP contribution >= 0.6 is 11.3 Å². The summed E-state index contributed by atoms with van der Waals surface area (Å²) in [5.74, 6) is -0.123. The lowest BCUT2D eigenvalue weighted by molar-refractivity contribution is -0.137. The maximum atomic E-state index is 13.1. The molecule has 1 aliphatic rings. The van der Waals surface area contributed by atoms with Crippen LogP contribution in [0.5, 0.6) is 0 Å². The highest BCUT2D eigenvalue weighted by Crippen LogP contribution is 2.42. The highest BCUT2D eigenvalue weighted by Gasteiger charge is 2.38. The van der Waals surface area contributed by atoms with Crippen LogP contribution in [0.2, 0.25) is 0 Å². The van der Waals surface area contributed by atoms with E-state index in [-0.39, 0.29) is 11.5 Å². The summed E-state index contributed by atoms with van der Waals surface area (Å²) in [6, 6.07) is 1.57. The van der Waals surface area contributed by atoms with Crippen molar-refractivity contribution in [3.05, 3.63) is 27.6 Å². The Balaban J connectivity index is 2.24. The van der Waals surface area contributed by atoms with E-state index in [0.717, 1.165) is 17.5 Å². The van der Waals surface area contributed by atoms with Gasteiger partial charge < -0.3 is 0 Å². The fraction of sp³-hybridized carbons (Fsp3) is 0.385. The van der Waals surface area contributed by atoms with Crippen molar-refractivity contribution in [2.75, 3.05) is 0 Å². The van der Waals surface area contributed by atoms with Gasteiger partial charge in [-0.05, 0) is 25.8 Å². The van der Waals surface area contributed by atoms with Crippen LogP contribution in [0.1, 0.15) is 33.5 Å². The lowest BCUT2D eigenvalue weighted by atomic mass is 10.1. The first-order chi connectivity index (χ1) is 9.38. The van der Waals surface area contributed by atoms with Crippen LogP contribution in [0.15, 0.2) is 12.3 Å². The van der Waals surface area contributed by atoms with E-state index < -0.39 is 11.7 Å². The van der Waals surface area contributed by atoms with Crippen LogP contribution in [0.4, 0.5) is 13.2 Å². The van der Waals surface area contributed by atoms with E-state index in [2.05, 4.69) is 5.10 Å². The normalized spacial score (nSPS) is 14.6. The third kappa shape index (κ3) is 2.06. The van der Waals surface area contributed by atoms with Gasteiger partial charge in [0.15, 0.2) is 5.78 Å². The number of nitrogens with zero attached hydrogens (tertiary/aromatic N) is 2. The van der Waals surface area contributed by atoms with Crippen molar-refractivity contribution in [2.24, 2.45) is 0 Å². The van der Waals surface area contributed by atoms with E-state index >= 15 is 0 Å². The number of fused-ring (bicyclic) bond motifs is 3. The number of ketones is 1. The molecule has 3 nitrogen and oxygen atoms in total. The Morgan fingerprint density at radius 2 is 2.20 bits per heavy atom. The van der Waals surface area contributed by atoms with Gasteiger partial charge in [-0.3, -0.25) is 9.48 Å². The standard InChI is InChI=1S/C13H11F3N2OS/c1-7(19)11-5-8-10(20-11)3-2-4-18-12(8)9(6-17-18)13(14,15)16/h5-6H,2-4H2,1H3. The topological polar surface area (TPSA) is 34.9 Å². The molecule has 0 spiro atoms. The van der Waals surface area contributed by atoms with Crippen molar-refractivity contribution < 1.29 is 18.0 Å². The summed E-state index contributed by atoms with van der Waals surface area (Å²) in [5, 5.41) is 3.85. The number of aromatic nitrogens is 2. The van der Waals surface area contributed by atoms with E-state index in [9.17, 15) is 18.0 Å². The summed E-state index contributed by atoms with van der Waals surface area (Å²) in [4.78, 5) is 12.8. The van der Waals surface area contributed by atoms with Gasteiger partial charge >= 0.3 is 6.18 Å². The number of hydrogen-bond donors (Lipinski definition) is 0. The van der Waals surface area contributed by atoms with Gasteiger partial charge in [-0.25, -0.2) is 0 Å². The van der Waals surface area contributed by atoms with Crippen LogP contribution in [0.25, 0.3) is 11.3 Å². The highest BCUT2D eigenvalue weighted by molar-refractivity contribution is 7.14. The fourth-order valence-electron chi connectivity index (χ4n) is 2.42. The largest absolute Gasteiger partial charge is 0.420 e. The van der Waals surface area contributed by atoms with Gasteiger partial charge in [0.1, 0.15) is 5.56 Å². The quantitative estimate of drug-likeness (QED) is 0.751. The van der Waals surface area contributed by atoms with Crippen molar-refractivity contribution in [1.29, 1.82) is 0 Å². The first-order valence-electron chi connectivity index (χ1n) is 6.15. The average Bonchev–Trinajstić information content (AvgIpc) is 2.89. The number of carbonyl (C=O) groups is 1. The zero-order valence-corrected chi connectivity index (χ0v) is 11.4. The molecule has 0 amide bonds. The summed E-state index contributed by atoms with van der Waals surface area (Å²) in [5.41, 5.74) is -0.134. The molecule has 106 valence electrons. The third-order valence-corrected chi connectivity index (χ3v) is 4.63. The van der Waals surface area contributed by atoms with Gasteiger partial charge in [-0.1, -0.05) is 0 Å². The molecule has 0 fully saturated rings. The van der Waals surface area contributed by atoms with Crippen LogP contribution in [-0.2, 0) is 19.1 Å². The molecule has 0 bridgehead atoms.